The average Bonchev–Trinajstić information content (AvgIpc) is 2.52. The zero-order valence-electron chi connectivity index (χ0n) is 11.4. The lowest BCUT2D eigenvalue weighted by atomic mass is 10.1. The summed E-state index contributed by atoms with van der Waals surface area (Å²) in [5, 5.41) is 3.90. The maximum absolute atomic E-state index is 12.5. The molecule has 0 fully saturated rings. The molecule has 1 amide bonds. The van der Waals surface area contributed by atoms with Crippen molar-refractivity contribution < 1.29 is 9.63 Å². The largest absolute Gasteiger partial charge is 0.398 e. The number of rotatable bonds is 2. The number of anilines is 1. The van der Waals surface area contributed by atoms with Crippen LogP contribution in [0.25, 0.3) is 0 Å². The minimum atomic E-state index is -1.78. The van der Waals surface area contributed by atoms with Gasteiger partial charge in [0, 0.05) is 11.3 Å². The molecule has 0 aliphatic carbocycles. The highest BCUT2D eigenvalue weighted by Crippen LogP contribution is 2.34. The molecule has 1 aliphatic heterocycles. The van der Waals surface area contributed by atoms with Gasteiger partial charge in [-0.3, -0.25) is 4.79 Å². The molecule has 4 nitrogen and oxygen atoms in total. The lowest BCUT2D eigenvalue weighted by Crippen LogP contribution is -2.49. The third-order valence-corrected chi connectivity index (χ3v) is 4.69. The number of amides is 1. The van der Waals surface area contributed by atoms with E-state index in [0.717, 1.165) is 16.8 Å². The number of oxime groups is 1. The molecule has 1 aromatic rings. The molecule has 2 rings (SSSR count). The fourth-order valence-electron chi connectivity index (χ4n) is 2.21. The van der Waals surface area contributed by atoms with Crippen LogP contribution in [0.1, 0.15) is 11.1 Å². The number of fused-ring (bicyclic) bond motifs is 1. The van der Waals surface area contributed by atoms with Crippen molar-refractivity contribution in [2.75, 3.05) is 11.7 Å². The maximum Gasteiger partial charge on any atom is 0.273 e. The SMILES string of the molecule is CO/N=C1\C(=O)N([Si](C)(C)C)c2ccc(C)cc21. The van der Waals surface area contributed by atoms with Gasteiger partial charge >= 0.3 is 0 Å². The van der Waals surface area contributed by atoms with Crippen molar-refractivity contribution in [2.45, 2.75) is 26.6 Å². The van der Waals surface area contributed by atoms with Crippen LogP contribution in [0.3, 0.4) is 0 Å². The first kappa shape index (κ1) is 12.8. The highest BCUT2D eigenvalue weighted by molar-refractivity contribution is 6.87. The van der Waals surface area contributed by atoms with Gasteiger partial charge in [0.1, 0.15) is 7.11 Å². The summed E-state index contributed by atoms with van der Waals surface area (Å²) in [4.78, 5) is 17.3. The summed E-state index contributed by atoms with van der Waals surface area (Å²) in [6, 6.07) is 6.01. The van der Waals surface area contributed by atoms with Crippen molar-refractivity contribution in [2.24, 2.45) is 5.16 Å². The van der Waals surface area contributed by atoms with Crippen LogP contribution in [0.2, 0.25) is 19.6 Å². The molecule has 5 heteroatoms. The Balaban J connectivity index is 2.65. The fraction of sp³-hybridized carbons (Fsp3) is 0.385. The smallest absolute Gasteiger partial charge is 0.273 e. The number of carbonyl (C=O) groups is 1. The Morgan fingerprint density at radius 2 is 1.94 bits per heavy atom. The maximum atomic E-state index is 12.5. The minimum Gasteiger partial charge on any atom is -0.398 e. The molecule has 18 heavy (non-hydrogen) atoms. The van der Waals surface area contributed by atoms with E-state index in [1.165, 1.54) is 7.11 Å². The number of hydrogen-bond acceptors (Lipinski definition) is 3. The Labute approximate surface area is 108 Å². The molecule has 0 unspecified atom stereocenters. The first-order chi connectivity index (χ1) is 8.36. The van der Waals surface area contributed by atoms with Crippen LogP contribution in [0.5, 0.6) is 0 Å². The molecule has 0 radical (unpaired) electrons. The Kier molecular flexibility index (Phi) is 3.02. The summed E-state index contributed by atoms with van der Waals surface area (Å²) in [6.07, 6.45) is 0. The van der Waals surface area contributed by atoms with Crippen molar-refractivity contribution in [3.63, 3.8) is 0 Å². The van der Waals surface area contributed by atoms with Crippen molar-refractivity contribution in [1.29, 1.82) is 0 Å². The first-order valence-electron chi connectivity index (χ1n) is 5.93. The normalized spacial score (nSPS) is 17.3. The van der Waals surface area contributed by atoms with Crippen LogP contribution in [-0.4, -0.2) is 27.0 Å². The number of carbonyl (C=O) groups excluding carboxylic acids is 1. The van der Waals surface area contributed by atoms with Gasteiger partial charge in [-0.25, -0.2) is 0 Å². The van der Waals surface area contributed by atoms with Crippen LogP contribution in [-0.2, 0) is 9.63 Å². The molecular formula is C13H18N2O2Si. The number of hydrogen-bond donors (Lipinski definition) is 0. The predicted molar refractivity (Wildman–Crippen MR) is 75.6 cm³/mol. The molecule has 1 aromatic carbocycles. The predicted octanol–water partition coefficient (Wildman–Crippen LogP) is 2.53. The summed E-state index contributed by atoms with van der Waals surface area (Å²) in [7, 11) is -0.314. The van der Waals surface area contributed by atoms with Gasteiger partial charge in [-0.05, 0) is 19.1 Å². The summed E-state index contributed by atoms with van der Waals surface area (Å²) in [5.74, 6) is -0.0448. The zero-order chi connectivity index (χ0) is 13.5. The molecule has 1 heterocycles. The quantitative estimate of drug-likeness (QED) is 0.607. The van der Waals surface area contributed by atoms with Crippen LogP contribution in [0.4, 0.5) is 5.69 Å². The number of nitrogens with zero attached hydrogens (tertiary/aromatic N) is 2. The van der Waals surface area contributed by atoms with E-state index in [9.17, 15) is 4.79 Å². The van der Waals surface area contributed by atoms with E-state index in [0.29, 0.717) is 5.71 Å². The van der Waals surface area contributed by atoms with Gasteiger partial charge in [0.25, 0.3) is 5.91 Å². The van der Waals surface area contributed by atoms with E-state index < -0.39 is 8.24 Å². The van der Waals surface area contributed by atoms with Crippen LogP contribution < -0.4 is 4.57 Å². The van der Waals surface area contributed by atoms with Gasteiger partial charge in [0.2, 0.25) is 0 Å². The Bertz CT molecular complexity index is 532. The van der Waals surface area contributed by atoms with E-state index in [1.807, 2.05) is 29.7 Å². The monoisotopic (exact) mass is 262 g/mol. The molecule has 96 valence electrons. The summed E-state index contributed by atoms with van der Waals surface area (Å²) < 4.78 is 1.90. The summed E-state index contributed by atoms with van der Waals surface area (Å²) in [6.45, 7) is 8.44. The van der Waals surface area contributed by atoms with E-state index >= 15 is 0 Å². The van der Waals surface area contributed by atoms with Crippen LogP contribution in [0, 0.1) is 6.92 Å². The molecule has 0 spiro atoms. The standard InChI is InChI=1S/C13H18N2O2Si/c1-9-6-7-11-10(8-9)12(14-17-2)13(16)15(11)18(3,4)5/h6-8H,1-5H3/b14-12-. The number of benzene rings is 1. The average molecular weight is 262 g/mol. The van der Waals surface area contributed by atoms with Crippen molar-refractivity contribution >= 4 is 25.5 Å². The third kappa shape index (κ3) is 1.94. The topological polar surface area (TPSA) is 41.9 Å². The Morgan fingerprint density at radius 1 is 1.28 bits per heavy atom. The summed E-state index contributed by atoms with van der Waals surface area (Å²) >= 11 is 0. The van der Waals surface area contributed by atoms with Crippen LogP contribution >= 0.6 is 0 Å². The van der Waals surface area contributed by atoms with E-state index in [1.54, 1.807) is 0 Å². The van der Waals surface area contributed by atoms with E-state index in [2.05, 4.69) is 24.8 Å². The second kappa shape index (κ2) is 4.24. The highest BCUT2D eigenvalue weighted by Gasteiger charge is 2.41. The summed E-state index contributed by atoms with van der Waals surface area (Å²) in [5.41, 5.74) is 3.37. The zero-order valence-corrected chi connectivity index (χ0v) is 12.4. The molecule has 1 aliphatic rings. The van der Waals surface area contributed by atoms with Crippen LogP contribution in [0.15, 0.2) is 23.4 Å². The van der Waals surface area contributed by atoms with Gasteiger partial charge < -0.3 is 9.40 Å². The fourth-order valence-corrected chi connectivity index (χ4v) is 3.84. The Morgan fingerprint density at radius 3 is 2.50 bits per heavy atom. The molecule has 0 saturated heterocycles. The highest BCUT2D eigenvalue weighted by atomic mass is 28.3. The van der Waals surface area contributed by atoms with Gasteiger partial charge in [0.15, 0.2) is 13.9 Å². The Hall–Kier alpha value is -1.62. The number of aryl methyl sites for hydroxylation is 1. The van der Waals surface area contributed by atoms with Crippen molar-refractivity contribution in [1.82, 2.24) is 0 Å². The van der Waals surface area contributed by atoms with Gasteiger partial charge in [0.05, 0.1) is 0 Å². The molecule has 0 atom stereocenters. The van der Waals surface area contributed by atoms with Gasteiger partial charge in [-0.1, -0.05) is 36.4 Å². The molecular weight excluding hydrogens is 244 g/mol. The second-order valence-corrected chi connectivity index (χ2v) is 10.2. The van der Waals surface area contributed by atoms with Gasteiger partial charge in [-0.2, -0.15) is 0 Å². The van der Waals surface area contributed by atoms with E-state index in [-0.39, 0.29) is 5.91 Å². The van der Waals surface area contributed by atoms with Gasteiger partial charge in [-0.15, -0.1) is 0 Å². The lowest BCUT2D eigenvalue weighted by Gasteiger charge is -2.30. The van der Waals surface area contributed by atoms with E-state index in [4.69, 9.17) is 4.84 Å². The molecule has 0 N–H and O–H groups in total. The molecule has 0 saturated carbocycles. The lowest BCUT2D eigenvalue weighted by molar-refractivity contribution is -0.111. The second-order valence-electron chi connectivity index (χ2n) is 5.45. The minimum absolute atomic E-state index is 0.0448. The first-order valence-corrected chi connectivity index (χ1v) is 9.37. The third-order valence-electron chi connectivity index (χ3n) is 2.91. The molecule has 0 bridgehead atoms. The van der Waals surface area contributed by atoms with Crippen molar-refractivity contribution in [3.05, 3.63) is 29.3 Å². The van der Waals surface area contributed by atoms with Crippen molar-refractivity contribution in [3.8, 4) is 0 Å². The molecule has 0 aromatic heterocycles.